The fourth-order valence-corrected chi connectivity index (χ4v) is 2.98. The van der Waals surface area contributed by atoms with Crippen molar-refractivity contribution in [1.29, 1.82) is 0 Å². The van der Waals surface area contributed by atoms with E-state index in [0.717, 1.165) is 10.2 Å². The van der Waals surface area contributed by atoms with E-state index in [2.05, 4.69) is 21.2 Å². The van der Waals surface area contributed by atoms with Gasteiger partial charge in [0.1, 0.15) is 0 Å². The zero-order valence-electron chi connectivity index (χ0n) is 14.9. The molecule has 0 unspecified atom stereocenters. The third kappa shape index (κ3) is 4.92. The van der Waals surface area contributed by atoms with Crippen LogP contribution < -0.4 is 5.32 Å². The number of hydrogen-bond donors (Lipinski definition) is 1. The lowest BCUT2D eigenvalue weighted by atomic mass is 10.1. The van der Waals surface area contributed by atoms with E-state index >= 15 is 0 Å². The van der Waals surface area contributed by atoms with Crippen LogP contribution in [0.4, 0.5) is 5.69 Å². The second-order valence-corrected chi connectivity index (χ2v) is 7.35. The Morgan fingerprint density at radius 1 is 0.840 bits per heavy atom. The van der Waals surface area contributed by atoms with E-state index in [1.165, 1.54) is 0 Å². The lowest BCUT2D eigenvalue weighted by Gasteiger charge is -2.30. The summed E-state index contributed by atoms with van der Waals surface area (Å²) in [5, 5.41) is 2.84. The molecule has 0 aliphatic rings. The third-order valence-electron chi connectivity index (χ3n) is 3.84. The molecule has 0 saturated carbocycles. The van der Waals surface area contributed by atoms with Crippen molar-refractivity contribution < 1.29 is 9.59 Å². The van der Waals surface area contributed by atoms with Crippen molar-refractivity contribution >= 4 is 33.4 Å². The predicted octanol–water partition coefficient (Wildman–Crippen LogP) is 4.96. The molecule has 4 nitrogen and oxygen atoms in total. The molecule has 2 aromatic carbocycles. The highest BCUT2D eigenvalue weighted by atomic mass is 79.9. The topological polar surface area (TPSA) is 49.4 Å². The Hall–Kier alpha value is -2.14. The number of benzene rings is 2. The molecule has 25 heavy (non-hydrogen) atoms. The van der Waals surface area contributed by atoms with Gasteiger partial charge in [0.15, 0.2) is 0 Å². The average molecular weight is 403 g/mol. The number of nitrogens with one attached hydrogen (secondary N) is 1. The summed E-state index contributed by atoms with van der Waals surface area (Å²) in [6.07, 6.45) is 0. The zero-order valence-corrected chi connectivity index (χ0v) is 16.5. The smallest absolute Gasteiger partial charge is 0.255 e. The number of nitrogens with zero attached hydrogens (tertiary/aromatic N) is 1. The number of halogens is 1. The van der Waals surface area contributed by atoms with Gasteiger partial charge in [0.05, 0.1) is 0 Å². The fourth-order valence-electron chi connectivity index (χ4n) is 2.72. The summed E-state index contributed by atoms with van der Waals surface area (Å²) in [6.45, 7) is 7.99. The quantitative estimate of drug-likeness (QED) is 0.767. The van der Waals surface area contributed by atoms with E-state index in [0.29, 0.717) is 11.1 Å². The molecule has 0 aliphatic heterocycles. The molecule has 2 amide bonds. The first kappa shape index (κ1) is 19.2. The van der Waals surface area contributed by atoms with Crippen molar-refractivity contribution in [2.45, 2.75) is 39.8 Å². The number of rotatable bonds is 5. The van der Waals surface area contributed by atoms with E-state index in [4.69, 9.17) is 0 Å². The van der Waals surface area contributed by atoms with Crippen molar-refractivity contribution in [3.05, 3.63) is 64.1 Å². The molecule has 2 rings (SSSR count). The Labute approximate surface area is 157 Å². The number of carbonyl (C=O) groups is 2. The van der Waals surface area contributed by atoms with Crippen molar-refractivity contribution in [3.63, 3.8) is 0 Å². The van der Waals surface area contributed by atoms with Crippen LogP contribution in [0.2, 0.25) is 0 Å². The highest BCUT2D eigenvalue weighted by Gasteiger charge is 2.21. The lowest BCUT2D eigenvalue weighted by molar-refractivity contribution is 0.0643. The molecule has 0 heterocycles. The van der Waals surface area contributed by atoms with Crippen molar-refractivity contribution in [2.75, 3.05) is 5.32 Å². The Bertz CT molecular complexity index is 729. The number of carbonyl (C=O) groups excluding carboxylic acids is 2. The Morgan fingerprint density at radius 3 is 1.80 bits per heavy atom. The highest BCUT2D eigenvalue weighted by Crippen LogP contribution is 2.16. The normalized spacial score (nSPS) is 10.8. The van der Waals surface area contributed by atoms with Crippen LogP contribution in [0.1, 0.15) is 48.4 Å². The van der Waals surface area contributed by atoms with Crippen LogP contribution in [0.25, 0.3) is 0 Å². The standard InChI is InChI=1S/C20H23BrN2O2/c1-13(2)23(14(3)4)20(25)16-7-5-15(6-8-16)19(24)22-18-11-9-17(21)10-12-18/h5-14H,1-4H3,(H,22,24). The monoisotopic (exact) mass is 402 g/mol. The van der Waals surface area contributed by atoms with Gasteiger partial charge in [-0.2, -0.15) is 0 Å². The average Bonchev–Trinajstić information content (AvgIpc) is 2.56. The fraction of sp³-hybridized carbons (Fsp3) is 0.300. The molecule has 0 atom stereocenters. The predicted molar refractivity (Wildman–Crippen MR) is 105 cm³/mol. The van der Waals surface area contributed by atoms with Gasteiger partial charge in [-0.1, -0.05) is 15.9 Å². The van der Waals surface area contributed by atoms with Gasteiger partial charge in [-0.3, -0.25) is 9.59 Å². The van der Waals surface area contributed by atoms with Crippen LogP contribution in [0, 0.1) is 0 Å². The first-order valence-electron chi connectivity index (χ1n) is 8.29. The maximum absolute atomic E-state index is 12.7. The lowest BCUT2D eigenvalue weighted by Crippen LogP contribution is -2.42. The summed E-state index contributed by atoms with van der Waals surface area (Å²) in [6, 6.07) is 14.4. The van der Waals surface area contributed by atoms with Crippen molar-refractivity contribution in [2.24, 2.45) is 0 Å². The van der Waals surface area contributed by atoms with E-state index in [1.807, 2.05) is 56.9 Å². The first-order valence-corrected chi connectivity index (χ1v) is 9.08. The molecule has 0 saturated heterocycles. The highest BCUT2D eigenvalue weighted by molar-refractivity contribution is 9.10. The summed E-state index contributed by atoms with van der Waals surface area (Å²) in [5.41, 5.74) is 1.82. The van der Waals surface area contributed by atoms with Gasteiger partial charge in [-0.05, 0) is 76.2 Å². The molecule has 0 aliphatic carbocycles. The molecule has 0 spiro atoms. The molecular formula is C20H23BrN2O2. The molecule has 132 valence electrons. The van der Waals surface area contributed by atoms with Crippen LogP contribution in [0.5, 0.6) is 0 Å². The molecule has 0 fully saturated rings. The third-order valence-corrected chi connectivity index (χ3v) is 4.37. The largest absolute Gasteiger partial charge is 0.334 e. The van der Waals surface area contributed by atoms with Gasteiger partial charge in [0.25, 0.3) is 11.8 Å². The van der Waals surface area contributed by atoms with Gasteiger partial charge in [0.2, 0.25) is 0 Å². The SMILES string of the molecule is CC(C)N(C(=O)c1ccc(C(=O)Nc2ccc(Br)cc2)cc1)C(C)C. The van der Waals surface area contributed by atoms with Crippen LogP contribution >= 0.6 is 15.9 Å². The van der Waals surface area contributed by atoms with Gasteiger partial charge >= 0.3 is 0 Å². The summed E-state index contributed by atoms with van der Waals surface area (Å²) in [5.74, 6) is -0.226. The summed E-state index contributed by atoms with van der Waals surface area (Å²) >= 11 is 3.36. The zero-order chi connectivity index (χ0) is 18.6. The Morgan fingerprint density at radius 2 is 1.32 bits per heavy atom. The van der Waals surface area contributed by atoms with Crippen molar-refractivity contribution in [3.8, 4) is 0 Å². The van der Waals surface area contributed by atoms with Crippen LogP contribution in [0.15, 0.2) is 53.0 Å². The van der Waals surface area contributed by atoms with Crippen LogP contribution in [-0.4, -0.2) is 28.8 Å². The van der Waals surface area contributed by atoms with E-state index < -0.39 is 0 Å². The molecule has 0 radical (unpaired) electrons. The van der Waals surface area contributed by atoms with Crippen LogP contribution in [0.3, 0.4) is 0 Å². The molecule has 0 aromatic heterocycles. The maximum atomic E-state index is 12.7. The molecule has 2 aromatic rings. The molecule has 1 N–H and O–H groups in total. The van der Waals surface area contributed by atoms with E-state index in [-0.39, 0.29) is 23.9 Å². The van der Waals surface area contributed by atoms with Gasteiger partial charge in [-0.15, -0.1) is 0 Å². The van der Waals surface area contributed by atoms with E-state index in [9.17, 15) is 9.59 Å². The molecule has 5 heteroatoms. The minimum Gasteiger partial charge on any atom is -0.334 e. The molecule has 0 bridgehead atoms. The summed E-state index contributed by atoms with van der Waals surface area (Å²) in [4.78, 5) is 26.8. The second kappa shape index (κ2) is 8.30. The van der Waals surface area contributed by atoms with Gasteiger partial charge in [-0.25, -0.2) is 0 Å². The summed E-state index contributed by atoms with van der Waals surface area (Å²) in [7, 11) is 0. The van der Waals surface area contributed by atoms with Gasteiger partial charge in [0, 0.05) is 33.4 Å². The minimum atomic E-state index is -0.203. The first-order chi connectivity index (χ1) is 11.8. The maximum Gasteiger partial charge on any atom is 0.255 e. The Kier molecular flexibility index (Phi) is 6.37. The summed E-state index contributed by atoms with van der Waals surface area (Å²) < 4.78 is 0.952. The van der Waals surface area contributed by atoms with Crippen molar-refractivity contribution in [1.82, 2.24) is 4.90 Å². The minimum absolute atomic E-state index is 0.0233. The molecular weight excluding hydrogens is 380 g/mol. The second-order valence-electron chi connectivity index (χ2n) is 6.44. The number of hydrogen-bond acceptors (Lipinski definition) is 2. The van der Waals surface area contributed by atoms with E-state index in [1.54, 1.807) is 24.3 Å². The number of anilines is 1. The Balaban J connectivity index is 2.12. The number of amides is 2. The van der Waals surface area contributed by atoms with Crippen LogP contribution in [-0.2, 0) is 0 Å². The van der Waals surface area contributed by atoms with Gasteiger partial charge < -0.3 is 10.2 Å².